The average molecular weight is 187 g/mol. The second-order valence-electron chi connectivity index (χ2n) is 4.68. The lowest BCUT2D eigenvalue weighted by Gasteiger charge is -2.31. The monoisotopic (exact) mass is 187 g/mol. The molecule has 3 nitrogen and oxygen atoms in total. The predicted molar refractivity (Wildman–Crippen MR) is 52.9 cm³/mol. The SMILES string of the molecule is CN1CCOC(COC(C)(C)C)C1. The summed E-state index contributed by atoms with van der Waals surface area (Å²) in [5, 5.41) is 0. The Balaban J connectivity index is 2.21. The Labute approximate surface area is 81.0 Å². The summed E-state index contributed by atoms with van der Waals surface area (Å²) in [4.78, 5) is 2.28. The zero-order chi connectivity index (χ0) is 9.90. The highest BCUT2D eigenvalue weighted by atomic mass is 16.5. The lowest BCUT2D eigenvalue weighted by Crippen LogP contribution is -2.43. The molecule has 1 saturated heterocycles. The van der Waals surface area contributed by atoms with E-state index in [0.29, 0.717) is 6.61 Å². The second kappa shape index (κ2) is 4.40. The standard InChI is InChI=1S/C10H21NO2/c1-10(2,3)13-8-9-7-11(4)5-6-12-9/h9H,5-8H2,1-4H3. The molecule has 3 heteroatoms. The number of ether oxygens (including phenoxy) is 2. The van der Waals surface area contributed by atoms with Crippen molar-refractivity contribution in [2.24, 2.45) is 0 Å². The van der Waals surface area contributed by atoms with E-state index in [4.69, 9.17) is 9.47 Å². The molecule has 1 heterocycles. The number of hydrogen-bond acceptors (Lipinski definition) is 3. The third-order valence-corrected chi connectivity index (χ3v) is 2.04. The molecule has 1 aliphatic heterocycles. The Kier molecular flexibility index (Phi) is 3.71. The molecule has 0 spiro atoms. The first-order chi connectivity index (χ1) is 5.97. The van der Waals surface area contributed by atoms with Gasteiger partial charge in [-0.05, 0) is 27.8 Å². The minimum Gasteiger partial charge on any atom is -0.373 e. The van der Waals surface area contributed by atoms with Crippen molar-refractivity contribution in [2.75, 3.05) is 33.4 Å². The highest BCUT2D eigenvalue weighted by Crippen LogP contribution is 2.10. The smallest absolute Gasteiger partial charge is 0.0935 e. The van der Waals surface area contributed by atoms with E-state index in [1.807, 2.05) is 0 Å². The van der Waals surface area contributed by atoms with Gasteiger partial charge in [0, 0.05) is 13.1 Å². The summed E-state index contributed by atoms with van der Waals surface area (Å²) in [6.07, 6.45) is 0.248. The molecule has 1 unspecified atom stereocenters. The molecule has 0 aliphatic carbocycles. The van der Waals surface area contributed by atoms with Gasteiger partial charge in [-0.1, -0.05) is 0 Å². The van der Waals surface area contributed by atoms with Gasteiger partial charge < -0.3 is 14.4 Å². The Hall–Kier alpha value is -0.120. The molecule has 0 aromatic carbocycles. The van der Waals surface area contributed by atoms with Crippen molar-refractivity contribution in [3.05, 3.63) is 0 Å². The largest absolute Gasteiger partial charge is 0.373 e. The van der Waals surface area contributed by atoms with E-state index < -0.39 is 0 Å². The molecule has 0 radical (unpaired) electrons. The van der Waals surface area contributed by atoms with E-state index in [1.165, 1.54) is 0 Å². The molecule has 1 atom stereocenters. The molecule has 13 heavy (non-hydrogen) atoms. The molecular formula is C10H21NO2. The summed E-state index contributed by atoms with van der Waals surface area (Å²) in [6.45, 7) is 9.75. The van der Waals surface area contributed by atoms with Crippen molar-refractivity contribution in [3.8, 4) is 0 Å². The van der Waals surface area contributed by atoms with Crippen molar-refractivity contribution < 1.29 is 9.47 Å². The van der Waals surface area contributed by atoms with Crippen molar-refractivity contribution in [1.82, 2.24) is 4.90 Å². The summed E-state index contributed by atoms with van der Waals surface area (Å²) < 4.78 is 11.2. The van der Waals surface area contributed by atoms with Crippen molar-refractivity contribution in [2.45, 2.75) is 32.5 Å². The van der Waals surface area contributed by atoms with Crippen LogP contribution in [0.5, 0.6) is 0 Å². The minimum atomic E-state index is -0.0562. The van der Waals surface area contributed by atoms with Gasteiger partial charge in [0.2, 0.25) is 0 Å². The number of rotatable bonds is 2. The van der Waals surface area contributed by atoms with Gasteiger partial charge in [-0.15, -0.1) is 0 Å². The van der Waals surface area contributed by atoms with Gasteiger partial charge in [-0.3, -0.25) is 0 Å². The highest BCUT2D eigenvalue weighted by molar-refractivity contribution is 4.70. The van der Waals surface area contributed by atoms with Crippen molar-refractivity contribution >= 4 is 0 Å². The van der Waals surface area contributed by atoms with E-state index in [0.717, 1.165) is 19.7 Å². The van der Waals surface area contributed by atoms with Crippen LogP contribution in [0.2, 0.25) is 0 Å². The van der Waals surface area contributed by atoms with Gasteiger partial charge in [0.1, 0.15) is 0 Å². The van der Waals surface area contributed by atoms with Crippen LogP contribution in [-0.2, 0) is 9.47 Å². The third-order valence-electron chi connectivity index (χ3n) is 2.04. The zero-order valence-electron chi connectivity index (χ0n) is 9.17. The number of likely N-dealkylation sites (N-methyl/N-ethyl adjacent to an activating group) is 1. The average Bonchev–Trinajstić information content (AvgIpc) is 2.00. The Morgan fingerprint density at radius 3 is 2.69 bits per heavy atom. The number of morpholine rings is 1. The summed E-state index contributed by atoms with van der Waals surface area (Å²) in [5.41, 5.74) is -0.0562. The molecule has 0 bridgehead atoms. The van der Waals surface area contributed by atoms with Gasteiger partial charge in [-0.25, -0.2) is 0 Å². The van der Waals surface area contributed by atoms with Crippen LogP contribution in [0.1, 0.15) is 20.8 Å². The Morgan fingerprint density at radius 1 is 1.46 bits per heavy atom. The summed E-state index contributed by atoms with van der Waals surface area (Å²) in [5.74, 6) is 0. The number of nitrogens with zero attached hydrogens (tertiary/aromatic N) is 1. The van der Waals surface area contributed by atoms with E-state index in [9.17, 15) is 0 Å². The van der Waals surface area contributed by atoms with Crippen LogP contribution in [0.4, 0.5) is 0 Å². The van der Waals surface area contributed by atoms with Crippen LogP contribution >= 0.6 is 0 Å². The lowest BCUT2D eigenvalue weighted by molar-refractivity contribution is -0.0992. The quantitative estimate of drug-likeness (QED) is 0.647. The first kappa shape index (κ1) is 11.0. The molecular weight excluding hydrogens is 166 g/mol. The van der Waals surface area contributed by atoms with Gasteiger partial charge in [-0.2, -0.15) is 0 Å². The molecule has 78 valence electrons. The van der Waals surface area contributed by atoms with Gasteiger partial charge in [0.05, 0.1) is 24.9 Å². The zero-order valence-corrected chi connectivity index (χ0v) is 9.17. The van der Waals surface area contributed by atoms with E-state index in [2.05, 4.69) is 32.7 Å². The molecule has 1 rings (SSSR count). The van der Waals surface area contributed by atoms with Crippen LogP contribution in [0.15, 0.2) is 0 Å². The Morgan fingerprint density at radius 2 is 2.15 bits per heavy atom. The first-order valence-electron chi connectivity index (χ1n) is 4.91. The minimum absolute atomic E-state index is 0.0562. The topological polar surface area (TPSA) is 21.7 Å². The van der Waals surface area contributed by atoms with Crippen molar-refractivity contribution in [3.63, 3.8) is 0 Å². The fourth-order valence-corrected chi connectivity index (χ4v) is 1.31. The van der Waals surface area contributed by atoms with Crippen LogP contribution in [-0.4, -0.2) is 50.0 Å². The fraction of sp³-hybridized carbons (Fsp3) is 1.00. The summed E-state index contributed by atoms with van der Waals surface area (Å²) in [7, 11) is 2.12. The summed E-state index contributed by atoms with van der Waals surface area (Å²) in [6, 6.07) is 0. The van der Waals surface area contributed by atoms with Crippen LogP contribution in [0, 0.1) is 0 Å². The fourth-order valence-electron chi connectivity index (χ4n) is 1.31. The maximum absolute atomic E-state index is 5.67. The third kappa shape index (κ3) is 4.60. The summed E-state index contributed by atoms with van der Waals surface area (Å²) >= 11 is 0. The van der Waals surface area contributed by atoms with E-state index >= 15 is 0 Å². The molecule has 1 aliphatic rings. The first-order valence-corrected chi connectivity index (χ1v) is 4.91. The van der Waals surface area contributed by atoms with Crippen molar-refractivity contribution in [1.29, 1.82) is 0 Å². The highest BCUT2D eigenvalue weighted by Gasteiger charge is 2.20. The predicted octanol–water partition coefficient (Wildman–Crippen LogP) is 1.13. The normalized spacial score (nSPS) is 26.3. The van der Waals surface area contributed by atoms with Crippen LogP contribution < -0.4 is 0 Å². The Bertz CT molecular complexity index is 153. The molecule has 0 saturated carbocycles. The second-order valence-corrected chi connectivity index (χ2v) is 4.68. The van der Waals surface area contributed by atoms with Gasteiger partial charge >= 0.3 is 0 Å². The maximum atomic E-state index is 5.67. The van der Waals surface area contributed by atoms with Gasteiger partial charge in [0.25, 0.3) is 0 Å². The van der Waals surface area contributed by atoms with Crippen LogP contribution in [0.3, 0.4) is 0 Å². The number of hydrogen-bond donors (Lipinski definition) is 0. The maximum Gasteiger partial charge on any atom is 0.0935 e. The molecule has 0 amide bonds. The molecule has 0 N–H and O–H groups in total. The molecule has 0 aromatic heterocycles. The molecule has 0 aromatic rings. The van der Waals surface area contributed by atoms with Crippen LogP contribution in [0.25, 0.3) is 0 Å². The van der Waals surface area contributed by atoms with E-state index in [1.54, 1.807) is 0 Å². The van der Waals surface area contributed by atoms with E-state index in [-0.39, 0.29) is 11.7 Å². The lowest BCUT2D eigenvalue weighted by atomic mass is 10.2. The van der Waals surface area contributed by atoms with Gasteiger partial charge in [0.15, 0.2) is 0 Å². The molecule has 1 fully saturated rings.